The lowest BCUT2D eigenvalue weighted by Gasteiger charge is -2.33. The molecule has 0 aliphatic carbocycles. The number of para-hydroxylation sites is 1. The van der Waals surface area contributed by atoms with Crippen molar-refractivity contribution < 1.29 is 4.79 Å². The zero-order chi connectivity index (χ0) is 18.1. The molecule has 0 saturated heterocycles. The summed E-state index contributed by atoms with van der Waals surface area (Å²) in [5.74, 6) is 0.440. The average molecular weight is 340 g/mol. The van der Waals surface area contributed by atoms with Crippen molar-refractivity contribution in [3.8, 4) is 0 Å². The molecule has 2 atom stereocenters. The summed E-state index contributed by atoms with van der Waals surface area (Å²) in [5, 5.41) is 7.64. The summed E-state index contributed by atoms with van der Waals surface area (Å²) in [6, 6.07) is 8.76. The van der Waals surface area contributed by atoms with E-state index in [0.717, 1.165) is 18.7 Å². The van der Waals surface area contributed by atoms with E-state index in [4.69, 9.17) is 0 Å². The Balaban J connectivity index is 1.74. The highest BCUT2D eigenvalue weighted by molar-refractivity contribution is 5.95. The Bertz CT molecular complexity index is 765. The Morgan fingerprint density at radius 3 is 2.72 bits per heavy atom. The third-order valence-electron chi connectivity index (χ3n) is 5.34. The molecule has 0 bridgehead atoms. The van der Waals surface area contributed by atoms with Crippen LogP contribution in [-0.2, 0) is 6.42 Å². The highest BCUT2D eigenvalue weighted by Gasteiger charge is 2.25. The summed E-state index contributed by atoms with van der Waals surface area (Å²) in [5.41, 5.74) is 4.14. The molecule has 2 unspecified atom stereocenters. The van der Waals surface area contributed by atoms with Crippen molar-refractivity contribution in [1.29, 1.82) is 0 Å². The van der Waals surface area contributed by atoms with E-state index in [0.29, 0.717) is 11.5 Å². The van der Waals surface area contributed by atoms with Crippen LogP contribution >= 0.6 is 0 Å². The topological polar surface area (TPSA) is 50.2 Å². The van der Waals surface area contributed by atoms with Crippen LogP contribution in [0.1, 0.15) is 48.4 Å². The van der Waals surface area contributed by atoms with Crippen LogP contribution in [0.3, 0.4) is 0 Å². The molecule has 2 aromatic rings. The van der Waals surface area contributed by atoms with Gasteiger partial charge in [-0.25, -0.2) is 0 Å². The molecule has 1 aliphatic heterocycles. The summed E-state index contributed by atoms with van der Waals surface area (Å²) >= 11 is 0. The van der Waals surface area contributed by atoms with Crippen LogP contribution in [0.25, 0.3) is 0 Å². The van der Waals surface area contributed by atoms with Crippen molar-refractivity contribution in [3.63, 3.8) is 0 Å². The van der Waals surface area contributed by atoms with E-state index in [-0.39, 0.29) is 18.0 Å². The van der Waals surface area contributed by atoms with Gasteiger partial charge in [0.15, 0.2) is 0 Å². The number of nitrogens with zero attached hydrogens (tertiary/aromatic N) is 3. The molecule has 0 fully saturated rings. The average Bonchev–Trinajstić information content (AvgIpc) is 2.95. The Hall–Kier alpha value is -2.30. The van der Waals surface area contributed by atoms with E-state index >= 15 is 0 Å². The van der Waals surface area contributed by atoms with Crippen molar-refractivity contribution in [2.24, 2.45) is 5.92 Å². The van der Waals surface area contributed by atoms with Gasteiger partial charge in [0.25, 0.3) is 5.91 Å². The van der Waals surface area contributed by atoms with Crippen molar-refractivity contribution in [1.82, 2.24) is 15.1 Å². The lowest BCUT2D eigenvalue weighted by Crippen LogP contribution is -2.47. The Kier molecular flexibility index (Phi) is 4.84. The smallest absolute Gasteiger partial charge is 0.255 e. The molecule has 25 heavy (non-hydrogen) atoms. The first-order valence-electron chi connectivity index (χ1n) is 9.02. The highest BCUT2D eigenvalue weighted by atomic mass is 16.1. The number of aromatic nitrogens is 2. The Morgan fingerprint density at radius 2 is 2.00 bits per heavy atom. The first-order valence-corrected chi connectivity index (χ1v) is 9.02. The molecule has 0 spiro atoms. The SMILES string of the molecule is Cc1c(C(=O)NC2Cc3ccccc3N(C)C2)cnn1C(C)C(C)C. The van der Waals surface area contributed by atoms with Gasteiger partial charge in [-0.05, 0) is 37.8 Å². The fourth-order valence-electron chi connectivity index (χ4n) is 3.51. The fourth-order valence-corrected chi connectivity index (χ4v) is 3.51. The van der Waals surface area contributed by atoms with Crippen LogP contribution in [0.15, 0.2) is 30.5 Å². The van der Waals surface area contributed by atoms with Gasteiger partial charge in [-0.15, -0.1) is 0 Å². The van der Waals surface area contributed by atoms with Gasteiger partial charge in [-0.2, -0.15) is 5.10 Å². The minimum atomic E-state index is -0.0301. The molecule has 1 aliphatic rings. The summed E-state index contributed by atoms with van der Waals surface area (Å²) in [6.07, 6.45) is 2.56. The van der Waals surface area contributed by atoms with Crippen molar-refractivity contribution in [2.75, 3.05) is 18.5 Å². The van der Waals surface area contributed by atoms with Crippen LogP contribution in [0.2, 0.25) is 0 Å². The lowest BCUT2D eigenvalue weighted by atomic mass is 9.98. The van der Waals surface area contributed by atoms with Gasteiger partial charge in [0.2, 0.25) is 0 Å². The molecule has 0 saturated carbocycles. The fraction of sp³-hybridized carbons (Fsp3) is 0.500. The summed E-state index contributed by atoms with van der Waals surface area (Å²) in [7, 11) is 2.07. The van der Waals surface area contributed by atoms with Gasteiger partial charge in [0.05, 0.1) is 23.8 Å². The van der Waals surface area contributed by atoms with Gasteiger partial charge >= 0.3 is 0 Å². The number of nitrogens with one attached hydrogen (secondary N) is 1. The molecule has 1 N–H and O–H groups in total. The number of benzene rings is 1. The monoisotopic (exact) mass is 340 g/mol. The number of amides is 1. The zero-order valence-corrected chi connectivity index (χ0v) is 15.8. The van der Waals surface area contributed by atoms with Gasteiger partial charge in [-0.1, -0.05) is 32.0 Å². The molecule has 0 radical (unpaired) electrons. The Morgan fingerprint density at radius 1 is 1.28 bits per heavy atom. The summed E-state index contributed by atoms with van der Waals surface area (Å²) in [4.78, 5) is 15.0. The van der Waals surface area contributed by atoms with Gasteiger partial charge < -0.3 is 10.2 Å². The van der Waals surface area contributed by atoms with Crippen LogP contribution < -0.4 is 10.2 Å². The second kappa shape index (κ2) is 6.90. The maximum Gasteiger partial charge on any atom is 0.255 e. The van der Waals surface area contributed by atoms with Crippen LogP contribution in [0.4, 0.5) is 5.69 Å². The second-order valence-corrected chi connectivity index (χ2v) is 7.46. The van der Waals surface area contributed by atoms with E-state index in [1.54, 1.807) is 6.20 Å². The maximum absolute atomic E-state index is 12.8. The molecule has 5 heteroatoms. The number of hydrogen-bond donors (Lipinski definition) is 1. The number of likely N-dealkylation sites (N-methyl/N-ethyl adjacent to an activating group) is 1. The Labute approximate surface area is 150 Å². The lowest BCUT2D eigenvalue weighted by molar-refractivity contribution is 0.0936. The summed E-state index contributed by atoms with van der Waals surface area (Å²) < 4.78 is 1.96. The van der Waals surface area contributed by atoms with E-state index in [9.17, 15) is 4.79 Å². The molecule has 3 rings (SSSR count). The molecule has 5 nitrogen and oxygen atoms in total. The van der Waals surface area contributed by atoms with Crippen molar-refractivity contribution >= 4 is 11.6 Å². The predicted molar refractivity (Wildman–Crippen MR) is 101 cm³/mol. The summed E-state index contributed by atoms with van der Waals surface area (Å²) in [6.45, 7) is 9.27. The highest BCUT2D eigenvalue weighted by Crippen LogP contribution is 2.26. The first-order chi connectivity index (χ1) is 11.9. The number of carbonyl (C=O) groups excluding carboxylic acids is 1. The van der Waals surface area contributed by atoms with Crippen molar-refractivity contribution in [3.05, 3.63) is 47.3 Å². The number of anilines is 1. The number of fused-ring (bicyclic) bond motifs is 1. The molecular weight excluding hydrogens is 312 g/mol. The predicted octanol–water partition coefficient (Wildman–Crippen LogP) is 3.20. The second-order valence-electron chi connectivity index (χ2n) is 7.46. The number of rotatable bonds is 4. The quantitative estimate of drug-likeness (QED) is 0.930. The van der Waals surface area contributed by atoms with E-state index < -0.39 is 0 Å². The minimum absolute atomic E-state index is 0.0301. The van der Waals surface area contributed by atoms with Gasteiger partial charge in [-0.3, -0.25) is 9.48 Å². The van der Waals surface area contributed by atoms with Crippen LogP contribution in [-0.4, -0.2) is 35.3 Å². The van der Waals surface area contributed by atoms with Gasteiger partial charge in [0, 0.05) is 25.0 Å². The largest absolute Gasteiger partial charge is 0.372 e. The van der Waals surface area contributed by atoms with Crippen LogP contribution in [0.5, 0.6) is 0 Å². The third kappa shape index (κ3) is 3.41. The minimum Gasteiger partial charge on any atom is -0.372 e. The van der Waals surface area contributed by atoms with Crippen LogP contribution in [0, 0.1) is 12.8 Å². The third-order valence-corrected chi connectivity index (χ3v) is 5.34. The number of hydrogen-bond acceptors (Lipinski definition) is 3. The molecular formula is C20H28N4O. The molecule has 1 amide bonds. The first kappa shape index (κ1) is 17.5. The van der Waals surface area contributed by atoms with Crippen molar-refractivity contribution in [2.45, 2.75) is 46.2 Å². The normalized spacial score (nSPS) is 18.2. The van der Waals surface area contributed by atoms with Gasteiger partial charge in [0.1, 0.15) is 0 Å². The molecule has 2 heterocycles. The maximum atomic E-state index is 12.8. The number of carbonyl (C=O) groups is 1. The molecule has 134 valence electrons. The zero-order valence-electron chi connectivity index (χ0n) is 15.8. The molecule has 1 aromatic carbocycles. The van der Waals surface area contributed by atoms with E-state index in [1.807, 2.05) is 11.6 Å². The molecule has 1 aromatic heterocycles. The van der Waals surface area contributed by atoms with E-state index in [2.05, 4.69) is 67.4 Å². The van der Waals surface area contributed by atoms with E-state index in [1.165, 1.54) is 11.3 Å². The standard InChI is InChI=1S/C20H28N4O/c1-13(2)14(3)24-15(4)18(11-21-24)20(25)22-17-10-16-8-6-7-9-19(16)23(5)12-17/h6-9,11,13-14,17H,10,12H2,1-5H3,(H,22,25).